The van der Waals surface area contributed by atoms with Gasteiger partial charge in [-0.15, -0.1) is 0 Å². The van der Waals surface area contributed by atoms with Gasteiger partial charge in [-0.3, -0.25) is 0 Å². The Labute approximate surface area is 120 Å². The topological polar surface area (TPSA) is 21.3 Å². The minimum atomic E-state index is 0.264. The summed E-state index contributed by atoms with van der Waals surface area (Å²) in [5.74, 6) is 0. The van der Waals surface area contributed by atoms with E-state index in [1.165, 1.54) is 11.1 Å². The molecule has 20 heavy (non-hydrogen) atoms. The molecule has 0 aromatic heterocycles. The van der Waals surface area contributed by atoms with Gasteiger partial charge in [0.05, 0.1) is 6.04 Å². The van der Waals surface area contributed by atoms with Crippen LogP contribution in [0.2, 0.25) is 0 Å². The van der Waals surface area contributed by atoms with Gasteiger partial charge in [0.25, 0.3) is 0 Å². The Morgan fingerprint density at radius 3 is 1.80 bits per heavy atom. The van der Waals surface area contributed by atoms with Gasteiger partial charge in [0.2, 0.25) is 0 Å². The summed E-state index contributed by atoms with van der Waals surface area (Å²) in [5, 5.41) is 3.81. The minimum Gasteiger partial charge on any atom is -0.381 e. The van der Waals surface area contributed by atoms with Gasteiger partial charge >= 0.3 is 0 Å². The van der Waals surface area contributed by atoms with Gasteiger partial charge in [-0.05, 0) is 24.0 Å². The predicted molar refractivity (Wildman–Crippen MR) is 81.7 cm³/mol. The highest BCUT2D eigenvalue weighted by atomic mass is 16.5. The van der Waals surface area contributed by atoms with Gasteiger partial charge < -0.3 is 10.1 Å². The van der Waals surface area contributed by atoms with Crippen LogP contribution in [0, 0.1) is 0 Å². The van der Waals surface area contributed by atoms with Crippen LogP contribution >= 0.6 is 0 Å². The monoisotopic (exact) mass is 267 g/mol. The van der Waals surface area contributed by atoms with Gasteiger partial charge in [-0.25, -0.2) is 0 Å². The van der Waals surface area contributed by atoms with E-state index < -0.39 is 0 Å². The Morgan fingerprint density at radius 1 is 0.800 bits per heavy atom. The molecule has 0 aliphatic carbocycles. The second-order valence-corrected chi connectivity index (χ2v) is 5.31. The number of nitrogens with one attached hydrogen (secondary N) is 1. The summed E-state index contributed by atoms with van der Waals surface area (Å²) in [6, 6.07) is 22.2. The van der Waals surface area contributed by atoms with E-state index in [0.29, 0.717) is 6.04 Å². The van der Waals surface area contributed by atoms with Crippen LogP contribution in [-0.2, 0) is 4.74 Å². The molecule has 104 valence electrons. The number of benzene rings is 2. The lowest BCUT2D eigenvalue weighted by atomic mass is 9.96. The lowest BCUT2D eigenvalue weighted by molar-refractivity contribution is 0.0761. The van der Waals surface area contributed by atoms with Crippen LogP contribution in [-0.4, -0.2) is 19.3 Å². The van der Waals surface area contributed by atoms with E-state index in [9.17, 15) is 0 Å². The third-order valence-corrected chi connectivity index (χ3v) is 3.89. The standard InChI is InChI=1S/C18H21NO/c1-3-7-15(8-4-1)18(16-9-5-2-6-10-16)19-17-11-13-20-14-12-17/h1-10,17-19H,11-14H2. The van der Waals surface area contributed by atoms with Gasteiger partial charge in [0.15, 0.2) is 0 Å². The third-order valence-electron chi connectivity index (χ3n) is 3.89. The Balaban J connectivity index is 1.83. The fraction of sp³-hybridized carbons (Fsp3) is 0.333. The maximum Gasteiger partial charge on any atom is 0.0578 e. The Hall–Kier alpha value is -1.64. The molecule has 2 aromatic rings. The van der Waals surface area contributed by atoms with Crippen molar-refractivity contribution in [1.29, 1.82) is 0 Å². The quantitative estimate of drug-likeness (QED) is 0.914. The summed E-state index contributed by atoms with van der Waals surface area (Å²) in [6.45, 7) is 1.74. The summed E-state index contributed by atoms with van der Waals surface area (Å²) >= 11 is 0. The molecule has 0 spiro atoms. The molecule has 2 aromatic carbocycles. The first-order valence-corrected chi connectivity index (χ1v) is 7.37. The fourth-order valence-corrected chi connectivity index (χ4v) is 2.78. The third kappa shape index (κ3) is 3.27. The Morgan fingerprint density at radius 2 is 1.30 bits per heavy atom. The predicted octanol–water partition coefficient (Wildman–Crippen LogP) is 3.54. The first-order chi connectivity index (χ1) is 9.93. The van der Waals surface area contributed by atoms with Crippen molar-refractivity contribution in [1.82, 2.24) is 5.32 Å². The van der Waals surface area contributed by atoms with Crippen molar-refractivity contribution >= 4 is 0 Å². The highest BCUT2D eigenvalue weighted by Gasteiger charge is 2.20. The summed E-state index contributed by atoms with van der Waals surface area (Å²) < 4.78 is 5.45. The summed E-state index contributed by atoms with van der Waals surface area (Å²) in [7, 11) is 0. The van der Waals surface area contributed by atoms with Crippen molar-refractivity contribution in [2.45, 2.75) is 24.9 Å². The van der Waals surface area contributed by atoms with E-state index in [2.05, 4.69) is 66.0 Å². The van der Waals surface area contributed by atoms with Crippen molar-refractivity contribution in [2.75, 3.05) is 13.2 Å². The molecule has 3 rings (SSSR count). The SMILES string of the molecule is c1ccc(C(NC2CCOCC2)c2ccccc2)cc1. The Kier molecular flexibility index (Phi) is 4.46. The van der Waals surface area contributed by atoms with E-state index in [1.807, 2.05) is 0 Å². The molecule has 0 radical (unpaired) electrons. The zero-order chi connectivity index (χ0) is 13.6. The zero-order valence-electron chi connectivity index (χ0n) is 11.7. The smallest absolute Gasteiger partial charge is 0.0578 e. The molecular formula is C18H21NO. The molecule has 0 saturated carbocycles. The van der Waals surface area contributed by atoms with E-state index in [1.54, 1.807) is 0 Å². The molecule has 0 atom stereocenters. The van der Waals surface area contributed by atoms with Crippen LogP contribution in [0.4, 0.5) is 0 Å². The number of ether oxygens (including phenoxy) is 1. The van der Waals surface area contributed by atoms with Crippen LogP contribution < -0.4 is 5.32 Å². The average molecular weight is 267 g/mol. The summed E-state index contributed by atoms with van der Waals surface area (Å²) in [5.41, 5.74) is 2.65. The number of hydrogen-bond acceptors (Lipinski definition) is 2. The lowest BCUT2D eigenvalue weighted by Gasteiger charge is -2.29. The second-order valence-electron chi connectivity index (χ2n) is 5.31. The number of hydrogen-bond donors (Lipinski definition) is 1. The first-order valence-electron chi connectivity index (χ1n) is 7.37. The minimum absolute atomic E-state index is 0.264. The number of rotatable bonds is 4. The van der Waals surface area contributed by atoms with E-state index in [-0.39, 0.29) is 6.04 Å². The van der Waals surface area contributed by atoms with Gasteiger partial charge in [0.1, 0.15) is 0 Å². The van der Waals surface area contributed by atoms with E-state index in [0.717, 1.165) is 26.1 Å². The van der Waals surface area contributed by atoms with Crippen LogP contribution in [0.1, 0.15) is 30.0 Å². The molecular weight excluding hydrogens is 246 g/mol. The van der Waals surface area contributed by atoms with Crippen molar-refractivity contribution in [3.05, 3.63) is 71.8 Å². The second kappa shape index (κ2) is 6.69. The molecule has 1 N–H and O–H groups in total. The largest absolute Gasteiger partial charge is 0.381 e. The van der Waals surface area contributed by atoms with Crippen molar-refractivity contribution < 1.29 is 4.74 Å². The summed E-state index contributed by atoms with van der Waals surface area (Å²) in [4.78, 5) is 0. The summed E-state index contributed by atoms with van der Waals surface area (Å²) in [6.07, 6.45) is 2.19. The highest BCUT2D eigenvalue weighted by molar-refractivity contribution is 5.31. The van der Waals surface area contributed by atoms with E-state index >= 15 is 0 Å². The highest BCUT2D eigenvalue weighted by Crippen LogP contribution is 2.24. The average Bonchev–Trinajstić information content (AvgIpc) is 2.55. The molecule has 0 bridgehead atoms. The molecule has 2 heteroatoms. The van der Waals surface area contributed by atoms with Crippen LogP contribution in [0.15, 0.2) is 60.7 Å². The van der Waals surface area contributed by atoms with Crippen LogP contribution in [0.25, 0.3) is 0 Å². The van der Waals surface area contributed by atoms with Crippen molar-refractivity contribution in [3.63, 3.8) is 0 Å². The molecule has 0 amide bonds. The normalized spacial score (nSPS) is 16.4. The lowest BCUT2D eigenvalue weighted by Crippen LogP contribution is -2.37. The molecule has 1 fully saturated rings. The maximum atomic E-state index is 5.45. The molecule has 1 aliphatic heterocycles. The molecule has 1 heterocycles. The van der Waals surface area contributed by atoms with Gasteiger partial charge in [-0.1, -0.05) is 60.7 Å². The fourth-order valence-electron chi connectivity index (χ4n) is 2.78. The van der Waals surface area contributed by atoms with Crippen LogP contribution in [0.3, 0.4) is 0 Å². The van der Waals surface area contributed by atoms with Crippen LogP contribution in [0.5, 0.6) is 0 Å². The first kappa shape index (κ1) is 13.3. The van der Waals surface area contributed by atoms with E-state index in [4.69, 9.17) is 4.74 Å². The molecule has 1 aliphatic rings. The molecule has 0 unspecified atom stereocenters. The molecule has 1 saturated heterocycles. The molecule has 2 nitrogen and oxygen atoms in total. The van der Waals surface area contributed by atoms with Crippen molar-refractivity contribution in [2.24, 2.45) is 0 Å². The maximum absolute atomic E-state index is 5.45. The van der Waals surface area contributed by atoms with Crippen molar-refractivity contribution in [3.8, 4) is 0 Å². The zero-order valence-corrected chi connectivity index (χ0v) is 11.7. The Bertz CT molecular complexity index is 466. The van der Waals surface area contributed by atoms with Gasteiger partial charge in [0, 0.05) is 19.3 Å². The van der Waals surface area contributed by atoms with Gasteiger partial charge in [-0.2, -0.15) is 0 Å².